The molecule has 0 aromatic heterocycles. The van der Waals surface area contributed by atoms with Crippen molar-refractivity contribution in [3.05, 3.63) is 59.7 Å². The molecule has 0 radical (unpaired) electrons. The summed E-state index contributed by atoms with van der Waals surface area (Å²) in [7, 11) is 1.62. The van der Waals surface area contributed by atoms with Crippen LogP contribution in [0.5, 0.6) is 5.75 Å². The quantitative estimate of drug-likeness (QED) is 0.623. The number of amides is 1. The molecule has 0 aliphatic carbocycles. The standard InChI is InChI=1S/C18H20N2O3S/c1-13-6-8-14(9-7-13)17(21)20-18(24)19-15-4-3-5-16(12-15)23-11-10-22-2/h3-9,12H,10-11H2,1-2H3,(H2,19,20,21,24). The summed E-state index contributed by atoms with van der Waals surface area (Å²) in [5.41, 5.74) is 2.39. The molecule has 0 aliphatic heterocycles. The Hall–Kier alpha value is -2.44. The monoisotopic (exact) mass is 344 g/mol. The maximum Gasteiger partial charge on any atom is 0.257 e. The van der Waals surface area contributed by atoms with Crippen LogP contribution >= 0.6 is 12.2 Å². The molecule has 0 bridgehead atoms. The Bertz CT molecular complexity index is 702. The number of carbonyl (C=O) groups excluding carboxylic acids is 1. The van der Waals surface area contributed by atoms with Crippen molar-refractivity contribution in [2.75, 3.05) is 25.6 Å². The average Bonchev–Trinajstić information content (AvgIpc) is 2.56. The minimum absolute atomic E-state index is 0.231. The summed E-state index contributed by atoms with van der Waals surface area (Å²) >= 11 is 5.18. The van der Waals surface area contributed by atoms with Crippen LogP contribution in [0.3, 0.4) is 0 Å². The van der Waals surface area contributed by atoms with Gasteiger partial charge in [0.25, 0.3) is 5.91 Å². The maximum absolute atomic E-state index is 12.1. The van der Waals surface area contributed by atoms with E-state index < -0.39 is 0 Å². The number of thiocarbonyl (C=S) groups is 1. The summed E-state index contributed by atoms with van der Waals surface area (Å²) < 4.78 is 10.5. The normalized spacial score (nSPS) is 10.1. The van der Waals surface area contributed by atoms with Gasteiger partial charge in [0.15, 0.2) is 5.11 Å². The number of nitrogens with one attached hydrogen (secondary N) is 2. The topological polar surface area (TPSA) is 59.6 Å². The molecule has 0 fully saturated rings. The number of hydrogen-bond donors (Lipinski definition) is 2. The van der Waals surface area contributed by atoms with Gasteiger partial charge in [0, 0.05) is 24.4 Å². The van der Waals surface area contributed by atoms with Gasteiger partial charge in [-0.25, -0.2) is 0 Å². The number of carbonyl (C=O) groups is 1. The third-order valence-corrected chi connectivity index (χ3v) is 3.39. The minimum Gasteiger partial charge on any atom is -0.491 e. The summed E-state index contributed by atoms with van der Waals surface area (Å²) in [5.74, 6) is 0.449. The summed E-state index contributed by atoms with van der Waals surface area (Å²) in [6.07, 6.45) is 0. The fourth-order valence-corrected chi connectivity index (χ4v) is 2.16. The zero-order valence-corrected chi connectivity index (χ0v) is 14.5. The zero-order valence-electron chi connectivity index (χ0n) is 13.7. The molecular weight excluding hydrogens is 324 g/mol. The lowest BCUT2D eigenvalue weighted by Gasteiger charge is -2.11. The molecule has 2 aromatic rings. The highest BCUT2D eigenvalue weighted by Gasteiger charge is 2.08. The molecule has 0 saturated carbocycles. The van der Waals surface area contributed by atoms with Crippen LogP contribution in [0.2, 0.25) is 0 Å². The van der Waals surface area contributed by atoms with E-state index in [1.165, 1.54) is 0 Å². The van der Waals surface area contributed by atoms with Crippen LogP contribution in [0, 0.1) is 6.92 Å². The first-order chi connectivity index (χ1) is 11.6. The molecule has 0 saturated heterocycles. The Morgan fingerprint density at radius 3 is 2.58 bits per heavy atom. The van der Waals surface area contributed by atoms with Gasteiger partial charge in [-0.1, -0.05) is 23.8 Å². The van der Waals surface area contributed by atoms with Crippen LogP contribution in [0.4, 0.5) is 5.69 Å². The largest absolute Gasteiger partial charge is 0.491 e. The van der Waals surface area contributed by atoms with E-state index in [0.29, 0.717) is 24.5 Å². The van der Waals surface area contributed by atoms with Crippen LogP contribution in [0.15, 0.2) is 48.5 Å². The molecule has 0 atom stereocenters. The summed E-state index contributed by atoms with van der Waals surface area (Å²) in [5, 5.41) is 5.86. The third-order valence-electron chi connectivity index (χ3n) is 3.19. The first kappa shape index (κ1) is 17.9. The predicted molar refractivity (Wildman–Crippen MR) is 98.7 cm³/mol. The van der Waals surface area contributed by atoms with Crippen LogP contribution in [-0.2, 0) is 4.74 Å². The van der Waals surface area contributed by atoms with Gasteiger partial charge in [0.05, 0.1) is 6.61 Å². The number of hydrogen-bond acceptors (Lipinski definition) is 4. The van der Waals surface area contributed by atoms with Crippen molar-refractivity contribution in [3.8, 4) is 5.75 Å². The van der Waals surface area contributed by atoms with E-state index >= 15 is 0 Å². The summed E-state index contributed by atoms with van der Waals surface area (Å²) in [6, 6.07) is 14.6. The molecule has 1 amide bonds. The Labute approximate surface area is 147 Å². The highest BCUT2D eigenvalue weighted by atomic mass is 32.1. The Kier molecular flexibility index (Phi) is 6.72. The summed E-state index contributed by atoms with van der Waals surface area (Å²) in [6.45, 7) is 2.95. The van der Waals surface area contributed by atoms with E-state index in [2.05, 4.69) is 10.6 Å². The van der Waals surface area contributed by atoms with Gasteiger partial charge in [-0.05, 0) is 43.4 Å². The lowest BCUT2D eigenvalue weighted by Crippen LogP contribution is -2.34. The van der Waals surface area contributed by atoms with Crippen molar-refractivity contribution in [2.24, 2.45) is 0 Å². The Balaban J connectivity index is 1.90. The van der Waals surface area contributed by atoms with Crippen molar-refractivity contribution in [2.45, 2.75) is 6.92 Å². The SMILES string of the molecule is COCCOc1cccc(NC(=S)NC(=O)c2ccc(C)cc2)c1. The smallest absolute Gasteiger partial charge is 0.257 e. The van der Waals surface area contributed by atoms with Gasteiger partial charge in [-0.15, -0.1) is 0 Å². The fraction of sp³-hybridized carbons (Fsp3) is 0.222. The fourth-order valence-electron chi connectivity index (χ4n) is 1.95. The molecule has 0 aliphatic rings. The molecule has 6 heteroatoms. The molecular formula is C18H20N2O3S. The lowest BCUT2D eigenvalue weighted by atomic mass is 10.1. The average molecular weight is 344 g/mol. The van der Waals surface area contributed by atoms with E-state index in [4.69, 9.17) is 21.7 Å². The molecule has 2 aromatic carbocycles. The number of benzene rings is 2. The Morgan fingerprint density at radius 1 is 1.12 bits per heavy atom. The first-order valence-electron chi connectivity index (χ1n) is 7.49. The van der Waals surface area contributed by atoms with Gasteiger partial charge in [0.2, 0.25) is 0 Å². The molecule has 0 spiro atoms. The number of methoxy groups -OCH3 is 1. The number of anilines is 1. The van der Waals surface area contributed by atoms with Gasteiger partial charge in [-0.3, -0.25) is 10.1 Å². The van der Waals surface area contributed by atoms with Crippen LogP contribution in [-0.4, -0.2) is 31.3 Å². The van der Waals surface area contributed by atoms with E-state index in [0.717, 1.165) is 11.3 Å². The molecule has 0 heterocycles. The third kappa shape index (κ3) is 5.64. The minimum atomic E-state index is -0.250. The van der Waals surface area contributed by atoms with E-state index in [-0.39, 0.29) is 11.0 Å². The maximum atomic E-state index is 12.1. The number of aryl methyl sites for hydroxylation is 1. The van der Waals surface area contributed by atoms with Crippen molar-refractivity contribution in [3.63, 3.8) is 0 Å². The molecule has 24 heavy (non-hydrogen) atoms. The molecule has 2 N–H and O–H groups in total. The lowest BCUT2D eigenvalue weighted by molar-refractivity contribution is 0.0977. The first-order valence-corrected chi connectivity index (χ1v) is 7.90. The van der Waals surface area contributed by atoms with Gasteiger partial charge in [-0.2, -0.15) is 0 Å². The van der Waals surface area contributed by atoms with Crippen molar-refractivity contribution in [1.82, 2.24) is 5.32 Å². The van der Waals surface area contributed by atoms with E-state index in [9.17, 15) is 4.79 Å². The van der Waals surface area contributed by atoms with E-state index in [1.807, 2.05) is 37.3 Å². The molecule has 2 rings (SSSR count). The highest BCUT2D eigenvalue weighted by Crippen LogP contribution is 2.17. The molecule has 126 valence electrons. The molecule has 5 nitrogen and oxygen atoms in total. The Morgan fingerprint density at radius 2 is 1.88 bits per heavy atom. The second-order valence-corrected chi connectivity index (χ2v) is 5.55. The number of ether oxygens (including phenoxy) is 2. The van der Waals surface area contributed by atoms with Gasteiger partial charge >= 0.3 is 0 Å². The predicted octanol–water partition coefficient (Wildman–Crippen LogP) is 3.15. The van der Waals surface area contributed by atoms with Gasteiger partial charge in [0.1, 0.15) is 12.4 Å². The zero-order chi connectivity index (χ0) is 17.4. The highest BCUT2D eigenvalue weighted by molar-refractivity contribution is 7.80. The van der Waals surface area contributed by atoms with Crippen molar-refractivity contribution in [1.29, 1.82) is 0 Å². The van der Waals surface area contributed by atoms with Crippen LogP contribution in [0.1, 0.15) is 15.9 Å². The summed E-state index contributed by atoms with van der Waals surface area (Å²) in [4.78, 5) is 12.1. The molecule has 0 unspecified atom stereocenters. The van der Waals surface area contributed by atoms with Crippen LogP contribution < -0.4 is 15.4 Å². The second-order valence-electron chi connectivity index (χ2n) is 5.14. The van der Waals surface area contributed by atoms with E-state index in [1.54, 1.807) is 25.3 Å². The van der Waals surface area contributed by atoms with Crippen molar-refractivity contribution < 1.29 is 14.3 Å². The second kappa shape index (κ2) is 9.00. The number of rotatable bonds is 6. The van der Waals surface area contributed by atoms with Gasteiger partial charge < -0.3 is 14.8 Å². The van der Waals surface area contributed by atoms with Crippen molar-refractivity contribution >= 4 is 28.9 Å². The van der Waals surface area contributed by atoms with Crippen LogP contribution in [0.25, 0.3) is 0 Å².